The summed E-state index contributed by atoms with van der Waals surface area (Å²) in [5.41, 5.74) is 0. The monoisotopic (exact) mass is 348 g/mol. The van der Waals surface area contributed by atoms with Gasteiger partial charge in [0.25, 0.3) is 5.91 Å². The Morgan fingerprint density at radius 3 is 2.72 bits per heavy atom. The lowest BCUT2D eigenvalue weighted by Crippen LogP contribution is -2.42. The van der Waals surface area contributed by atoms with Gasteiger partial charge < -0.3 is 14.1 Å². The first-order chi connectivity index (χ1) is 12.2. The van der Waals surface area contributed by atoms with Gasteiger partial charge in [-0.2, -0.15) is 0 Å². The van der Waals surface area contributed by atoms with Crippen molar-refractivity contribution in [2.24, 2.45) is 5.92 Å². The van der Waals surface area contributed by atoms with Gasteiger partial charge in [0.2, 0.25) is 0 Å². The van der Waals surface area contributed by atoms with Crippen LogP contribution in [0.25, 0.3) is 0 Å². The van der Waals surface area contributed by atoms with Gasteiger partial charge >= 0.3 is 5.97 Å². The van der Waals surface area contributed by atoms with Gasteiger partial charge in [-0.25, -0.2) is 0 Å². The predicted molar refractivity (Wildman–Crippen MR) is 93.1 cm³/mol. The molecule has 0 bridgehead atoms. The third-order valence-electron chi connectivity index (χ3n) is 5.03. The number of likely N-dealkylation sites (tertiary alicyclic amines) is 2. The molecular formula is C19H28N2O4. The summed E-state index contributed by atoms with van der Waals surface area (Å²) in [5.74, 6) is 0.658. The zero-order valence-corrected chi connectivity index (χ0v) is 15.0. The molecule has 1 atom stereocenters. The van der Waals surface area contributed by atoms with Crippen LogP contribution in [0.15, 0.2) is 16.5 Å². The van der Waals surface area contributed by atoms with Crippen molar-refractivity contribution in [1.29, 1.82) is 0 Å². The van der Waals surface area contributed by atoms with E-state index in [0.717, 1.165) is 38.2 Å². The molecule has 3 rings (SSSR count). The number of hydrogen-bond donors (Lipinski definition) is 0. The van der Waals surface area contributed by atoms with Crippen molar-refractivity contribution in [3.05, 3.63) is 23.7 Å². The first-order valence-corrected chi connectivity index (χ1v) is 9.44. The van der Waals surface area contributed by atoms with E-state index in [1.807, 2.05) is 6.07 Å². The van der Waals surface area contributed by atoms with Gasteiger partial charge in [0.05, 0.1) is 19.1 Å². The molecule has 1 amide bonds. The zero-order chi connectivity index (χ0) is 17.6. The van der Waals surface area contributed by atoms with Crippen LogP contribution in [0.1, 0.15) is 55.3 Å². The molecule has 1 aromatic rings. The van der Waals surface area contributed by atoms with Crippen LogP contribution in [0, 0.1) is 5.92 Å². The van der Waals surface area contributed by atoms with Gasteiger partial charge in [-0.05, 0) is 57.8 Å². The fourth-order valence-corrected chi connectivity index (χ4v) is 3.69. The van der Waals surface area contributed by atoms with E-state index < -0.39 is 0 Å². The highest BCUT2D eigenvalue weighted by molar-refractivity contribution is 5.92. The molecule has 25 heavy (non-hydrogen) atoms. The number of amides is 1. The van der Waals surface area contributed by atoms with E-state index in [1.165, 1.54) is 19.3 Å². The number of hydrogen-bond acceptors (Lipinski definition) is 5. The summed E-state index contributed by atoms with van der Waals surface area (Å²) in [6, 6.07) is 3.66. The summed E-state index contributed by atoms with van der Waals surface area (Å²) in [4.78, 5) is 28.7. The third kappa shape index (κ3) is 4.63. The second-order valence-electron chi connectivity index (χ2n) is 6.95. The molecule has 0 unspecified atom stereocenters. The lowest BCUT2D eigenvalue weighted by atomic mass is 9.98. The highest BCUT2D eigenvalue weighted by Gasteiger charge is 2.31. The minimum atomic E-state index is -0.222. The van der Waals surface area contributed by atoms with Crippen LogP contribution >= 0.6 is 0 Å². The van der Waals surface area contributed by atoms with Gasteiger partial charge in [0, 0.05) is 13.1 Å². The largest absolute Gasteiger partial charge is 0.466 e. The van der Waals surface area contributed by atoms with E-state index in [2.05, 4.69) is 4.90 Å². The molecule has 2 aliphatic rings. The topological polar surface area (TPSA) is 63.0 Å². The summed E-state index contributed by atoms with van der Waals surface area (Å²) >= 11 is 0. The lowest BCUT2D eigenvalue weighted by Gasteiger charge is -2.30. The zero-order valence-electron chi connectivity index (χ0n) is 15.0. The van der Waals surface area contributed by atoms with Crippen molar-refractivity contribution < 1.29 is 18.7 Å². The number of ether oxygens (including phenoxy) is 1. The van der Waals surface area contributed by atoms with Gasteiger partial charge in [0.1, 0.15) is 5.76 Å². The molecule has 3 heterocycles. The van der Waals surface area contributed by atoms with E-state index in [-0.39, 0.29) is 17.8 Å². The molecule has 0 N–H and O–H groups in total. The average molecular weight is 348 g/mol. The molecule has 6 nitrogen and oxygen atoms in total. The molecule has 0 saturated carbocycles. The molecule has 0 radical (unpaired) electrons. The summed E-state index contributed by atoms with van der Waals surface area (Å²) in [5, 5.41) is 0. The summed E-state index contributed by atoms with van der Waals surface area (Å²) in [7, 11) is 0. The number of carbonyl (C=O) groups is 2. The Bertz CT molecular complexity index is 592. The van der Waals surface area contributed by atoms with Crippen LogP contribution in [0.2, 0.25) is 0 Å². The smallest absolute Gasteiger partial charge is 0.310 e. The fourth-order valence-electron chi connectivity index (χ4n) is 3.69. The Labute approximate surface area is 149 Å². The average Bonchev–Trinajstić information content (AvgIpc) is 3.11. The Balaban J connectivity index is 1.57. The maximum Gasteiger partial charge on any atom is 0.310 e. The SMILES string of the molecule is CCOC(=O)[C@@H]1CCCN(C(=O)c2ccc(CN3CCCCC3)o2)C1. The molecule has 2 saturated heterocycles. The quantitative estimate of drug-likeness (QED) is 0.766. The molecule has 0 aliphatic carbocycles. The normalized spacial score (nSPS) is 22.0. The molecule has 0 spiro atoms. The van der Waals surface area contributed by atoms with Gasteiger partial charge in [-0.1, -0.05) is 6.42 Å². The van der Waals surface area contributed by atoms with Crippen molar-refractivity contribution in [1.82, 2.24) is 9.80 Å². The van der Waals surface area contributed by atoms with Crippen LogP contribution < -0.4 is 0 Å². The lowest BCUT2D eigenvalue weighted by molar-refractivity contribution is -0.149. The second-order valence-corrected chi connectivity index (χ2v) is 6.95. The standard InChI is InChI=1S/C19H28N2O4/c1-2-24-19(23)15-7-6-12-21(13-15)18(22)17-9-8-16(25-17)14-20-10-4-3-5-11-20/h8-9,15H,2-7,10-14H2,1H3/t15-/m1/s1. The second kappa shape index (κ2) is 8.52. The number of rotatable bonds is 5. The molecule has 2 aliphatic heterocycles. The molecule has 0 aromatic carbocycles. The Morgan fingerprint density at radius 2 is 1.96 bits per heavy atom. The Morgan fingerprint density at radius 1 is 1.16 bits per heavy atom. The van der Waals surface area contributed by atoms with Crippen LogP contribution in [-0.2, 0) is 16.1 Å². The van der Waals surface area contributed by atoms with Crippen LogP contribution in [0.4, 0.5) is 0 Å². The van der Waals surface area contributed by atoms with Gasteiger partial charge in [0.15, 0.2) is 5.76 Å². The van der Waals surface area contributed by atoms with Crippen LogP contribution in [0.5, 0.6) is 0 Å². The Kier molecular flexibility index (Phi) is 6.13. The van der Waals surface area contributed by atoms with E-state index in [1.54, 1.807) is 17.9 Å². The summed E-state index contributed by atoms with van der Waals surface area (Å²) < 4.78 is 10.9. The molecular weight excluding hydrogens is 320 g/mol. The number of furan rings is 1. The highest BCUT2D eigenvalue weighted by atomic mass is 16.5. The minimum absolute atomic E-state index is 0.126. The molecule has 1 aromatic heterocycles. The summed E-state index contributed by atoms with van der Waals surface area (Å²) in [6.07, 6.45) is 5.36. The van der Waals surface area contributed by atoms with E-state index >= 15 is 0 Å². The first kappa shape index (κ1) is 18.0. The maximum absolute atomic E-state index is 12.7. The first-order valence-electron chi connectivity index (χ1n) is 9.44. The molecule has 2 fully saturated rings. The van der Waals surface area contributed by atoms with Crippen molar-refractivity contribution in [3.63, 3.8) is 0 Å². The van der Waals surface area contributed by atoms with Crippen molar-refractivity contribution >= 4 is 11.9 Å². The van der Waals surface area contributed by atoms with Crippen molar-refractivity contribution in [3.8, 4) is 0 Å². The van der Waals surface area contributed by atoms with Crippen molar-refractivity contribution in [2.45, 2.75) is 45.6 Å². The predicted octanol–water partition coefficient (Wildman–Crippen LogP) is 2.68. The number of piperidine rings is 2. The van der Waals surface area contributed by atoms with E-state index in [0.29, 0.717) is 25.5 Å². The van der Waals surface area contributed by atoms with Gasteiger partial charge in [-0.15, -0.1) is 0 Å². The van der Waals surface area contributed by atoms with E-state index in [4.69, 9.17) is 9.15 Å². The van der Waals surface area contributed by atoms with Crippen LogP contribution in [0.3, 0.4) is 0 Å². The fraction of sp³-hybridized carbons (Fsp3) is 0.684. The summed E-state index contributed by atoms with van der Waals surface area (Å²) in [6.45, 7) is 6.21. The maximum atomic E-state index is 12.7. The minimum Gasteiger partial charge on any atom is -0.466 e. The highest BCUT2D eigenvalue weighted by Crippen LogP contribution is 2.21. The van der Waals surface area contributed by atoms with Gasteiger partial charge in [-0.3, -0.25) is 14.5 Å². The van der Waals surface area contributed by atoms with Crippen molar-refractivity contribution in [2.75, 3.05) is 32.8 Å². The molecule has 138 valence electrons. The van der Waals surface area contributed by atoms with E-state index in [9.17, 15) is 9.59 Å². The molecule has 6 heteroatoms. The van der Waals surface area contributed by atoms with Crippen LogP contribution in [-0.4, -0.2) is 54.5 Å². The Hall–Kier alpha value is -1.82. The number of carbonyl (C=O) groups excluding carboxylic acids is 2. The third-order valence-corrected chi connectivity index (χ3v) is 5.03. The number of nitrogens with zero attached hydrogens (tertiary/aromatic N) is 2. The number of esters is 1.